The lowest BCUT2D eigenvalue weighted by Gasteiger charge is -2.11. The number of hydrogen-bond acceptors (Lipinski definition) is 8. The average Bonchev–Trinajstić information content (AvgIpc) is 3.38. The SMILES string of the molecule is CCOC(=O)c1cc(-c2csc(-c3ccncc3)n2)c(=O)[nH]c1COCCc1ccc(OC)cc1. The third-order valence-corrected chi connectivity index (χ3v) is 6.16. The Morgan fingerprint density at radius 3 is 2.60 bits per heavy atom. The van der Waals surface area contributed by atoms with Crippen LogP contribution >= 0.6 is 11.3 Å². The summed E-state index contributed by atoms with van der Waals surface area (Å²) in [7, 11) is 1.62. The Morgan fingerprint density at radius 1 is 1.11 bits per heavy atom. The molecule has 0 bridgehead atoms. The number of hydrogen-bond donors (Lipinski definition) is 1. The van der Waals surface area contributed by atoms with Gasteiger partial charge in [-0.2, -0.15) is 0 Å². The Hall–Kier alpha value is -3.82. The molecule has 4 rings (SSSR count). The fraction of sp³-hybridized carbons (Fsp3) is 0.231. The maximum Gasteiger partial charge on any atom is 0.340 e. The summed E-state index contributed by atoms with van der Waals surface area (Å²) in [6.07, 6.45) is 4.05. The smallest absolute Gasteiger partial charge is 0.340 e. The number of aromatic amines is 1. The first-order valence-electron chi connectivity index (χ1n) is 11.1. The van der Waals surface area contributed by atoms with Gasteiger partial charge in [0.25, 0.3) is 5.56 Å². The Morgan fingerprint density at radius 2 is 1.89 bits per heavy atom. The highest BCUT2D eigenvalue weighted by molar-refractivity contribution is 7.13. The van der Waals surface area contributed by atoms with Crippen molar-refractivity contribution in [2.45, 2.75) is 20.0 Å². The van der Waals surface area contributed by atoms with Crippen LogP contribution < -0.4 is 10.3 Å². The second-order valence-electron chi connectivity index (χ2n) is 7.55. The van der Waals surface area contributed by atoms with Gasteiger partial charge in [0.2, 0.25) is 0 Å². The zero-order valence-corrected chi connectivity index (χ0v) is 20.3. The summed E-state index contributed by atoms with van der Waals surface area (Å²) >= 11 is 1.41. The average molecular weight is 492 g/mol. The van der Waals surface area contributed by atoms with E-state index in [4.69, 9.17) is 14.2 Å². The second kappa shape index (κ2) is 11.5. The van der Waals surface area contributed by atoms with E-state index in [1.54, 1.807) is 31.8 Å². The molecule has 3 heterocycles. The van der Waals surface area contributed by atoms with Crippen LogP contribution in [0.4, 0.5) is 0 Å². The highest BCUT2D eigenvalue weighted by Gasteiger charge is 2.19. The van der Waals surface area contributed by atoms with E-state index in [1.165, 1.54) is 17.4 Å². The van der Waals surface area contributed by atoms with Crippen molar-refractivity contribution in [2.24, 2.45) is 0 Å². The summed E-state index contributed by atoms with van der Waals surface area (Å²) < 4.78 is 16.2. The quantitative estimate of drug-likeness (QED) is 0.257. The highest BCUT2D eigenvalue weighted by atomic mass is 32.1. The third kappa shape index (κ3) is 6.00. The van der Waals surface area contributed by atoms with E-state index in [1.807, 2.05) is 36.4 Å². The van der Waals surface area contributed by atoms with Crippen LogP contribution in [0, 0.1) is 0 Å². The summed E-state index contributed by atoms with van der Waals surface area (Å²) in [5.41, 5.74) is 3.06. The predicted octanol–water partition coefficient (Wildman–Crippen LogP) is 4.51. The molecule has 180 valence electrons. The molecule has 8 nitrogen and oxygen atoms in total. The lowest BCUT2D eigenvalue weighted by molar-refractivity contribution is 0.0517. The summed E-state index contributed by atoms with van der Waals surface area (Å²) in [6.45, 7) is 2.43. The summed E-state index contributed by atoms with van der Waals surface area (Å²) in [5, 5.41) is 2.55. The van der Waals surface area contributed by atoms with Crippen LogP contribution in [-0.4, -0.2) is 41.2 Å². The van der Waals surface area contributed by atoms with Gasteiger partial charge in [0.15, 0.2) is 0 Å². The molecule has 1 N–H and O–H groups in total. The molecular weight excluding hydrogens is 466 g/mol. The number of nitrogens with zero attached hydrogens (tertiary/aromatic N) is 2. The van der Waals surface area contributed by atoms with E-state index < -0.39 is 5.97 Å². The van der Waals surface area contributed by atoms with Crippen molar-refractivity contribution < 1.29 is 19.0 Å². The Labute approximate surface area is 206 Å². The molecule has 0 fully saturated rings. The van der Waals surface area contributed by atoms with Crippen LogP contribution in [-0.2, 0) is 22.5 Å². The van der Waals surface area contributed by atoms with Gasteiger partial charge in [-0.15, -0.1) is 11.3 Å². The number of rotatable bonds is 10. The van der Waals surface area contributed by atoms with Crippen LogP contribution in [0.2, 0.25) is 0 Å². The maximum absolute atomic E-state index is 12.9. The van der Waals surface area contributed by atoms with Crippen LogP contribution in [0.25, 0.3) is 21.8 Å². The number of esters is 1. The summed E-state index contributed by atoms with van der Waals surface area (Å²) in [6, 6.07) is 13.0. The minimum atomic E-state index is -0.525. The normalized spacial score (nSPS) is 10.8. The molecule has 0 aliphatic carbocycles. The van der Waals surface area contributed by atoms with E-state index in [-0.39, 0.29) is 24.3 Å². The molecule has 0 radical (unpaired) electrons. The number of methoxy groups -OCH3 is 1. The van der Waals surface area contributed by atoms with E-state index in [0.717, 1.165) is 21.9 Å². The number of carbonyl (C=O) groups is 1. The molecule has 0 atom stereocenters. The first-order chi connectivity index (χ1) is 17.1. The minimum Gasteiger partial charge on any atom is -0.497 e. The van der Waals surface area contributed by atoms with Gasteiger partial charge in [-0.25, -0.2) is 9.78 Å². The molecule has 0 spiro atoms. The lowest BCUT2D eigenvalue weighted by Crippen LogP contribution is -2.19. The number of H-pyrrole nitrogens is 1. The van der Waals surface area contributed by atoms with Crippen LogP contribution in [0.3, 0.4) is 0 Å². The van der Waals surface area contributed by atoms with Gasteiger partial charge in [-0.1, -0.05) is 12.1 Å². The minimum absolute atomic E-state index is 0.0686. The first-order valence-corrected chi connectivity index (χ1v) is 12.0. The lowest BCUT2D eigenvalue weighted by atomic mass is 10.1. The molecule has 0 aliphatic heterocycles. The molecule has 35 heavy (non-hydrogen) atoms. The highest BCUT2D eigenvalue weighted by Crippen LogP contribution is 2.28. The number of thiazole rings is 1. The molecule has 9 heteroatoms. The molecule has 0 aliphatic rings. The van der Waals surface area contributed by atoms with E-state index >= 15 is 0 Å². The van der Waals surface area contributed by atoms with Crippen LogP contribution in [0.5, 0.6) is 5.75 Å². The van der Waals surface area contributed by atoms with E-state index in [9.17, 15) is 9.59 Å². The Balaban J connectivity index is 1.52. The van der Waals surface area contributed by atoms with Crippen molar-refractivity contribution in [3.8, 4) is 27.6 Å². The maximum atomic E-state index is 12.9. The van der Waals surface area contributed by atoms with Gasteiger partial charge in [0.1, 0.15) is 10.8 Å². The number of benzene rings is 1. The van der Waals surface area contributed by atoms with Crippen molar-refractivity contribution in [1.82, 2.24) is 15.0 Å². The zero-order chi connectivity index (χ0) is 24.6. The number of carbonyl (C=O) groups excluding carboxylic acids is 1. The second-order valence-corrected chi connectivity index (χ2v) is 8.41. The molecular formula is C26H25N3O5S. The Bertz CT molecular complexity index is 1330. The predicted molar refractivity (Wildman–Crippen MR) is 134 cm³/mol. The molecule has 3 aromatic heterocycles. The van der Waals surface area contributed by atoms with Crippen molar-refractivity contribution >= 4 is 17.3 Å². The van der Waals surface area contributed by atoms with Crippen LogP contribution in [0.15, 0.2) is 65.0 Å². The van der Waals surface area contributed by atoms with Crippen LogP contribution in [0.1, 0.15) is 28.5 Å². The van der Waals surface area contributed by atoms with Gasteiger partial charge in [0, 0.05) is 23.3 Å². The largest absolute Gasteiger partial charge is 0.497 e. The van der Waals surface area contributed by atoms with Gasteiger partial charge in [-0.05, 0) is 49.2 Å². The molecule has 0 saturated heterocycles. The van der Waals surface area contributed by atoms with Crippen molar-refractivity contribution in [3.63, 3.8) is 0 Å². The van der Waals surface area contributed by atoms with Gasteiger partial charge < -0.3 is 19.2 Å². The third-order valence-electron chi connectivity index (χ3n) is 5.27. The molecule has 0 saturated carbocycles. The van der Waals surface area contributed by atoms with Gasteiger partial charge in [0.05, 0.1) is 49.4 Å². The van der Waals surface area contributed by atoms with Crippen molar-refractivity contribution in [2.75, 3.05) is 20.3 Å². The van der Waals surface area contributed by atoms with Gasteiger partial charge >= 0.3 is 5.97 Å². The number of ether oxygens (including phenoxy) is 3. The standard InChI is InChI=1S/C26H25N3O5S/c1-3-34-26(31)21-14-20(23-16-35-25(29-23)18-8-11-27-12-9-18)24(30)28-22(21)15-33-13-10-17-4-6-19(32-2)7-5-17/h4-9,11-12,14,16H,3,10,13,15H2,1-2H3,(H,28,30). The molecule has 0 amide bonds. The molecule has 4 aromatic rings. The topological polar surface area (TPSA) is 103 Å². The monoisotopic (exact) mass is 491 g/mol. The van der Waals surface area contributed by atoms with E-state index in [0.29, 0.717) is 30.0 Å². The number of pyridine rings is 2. The zero-order valence-electron chi connectivity index (χ0n) is 19.4. The fourth-order valence-electron chi connectivity index (χ4n) is 3.44. The Kier molecular flexibility index (Phi) is 8.02. The molecule has 0 unspecified atom stereocenters. The molecule has 1 aromatic carbocycles. The van der Waals surface area contributed by atoms with Gasteiger partial charge in [-0.3, -0.25) is 9.78 Å². The number of aromatic nitrogens is 3. The van der Waals surface area contributed by atoms with Crippen molar-refractivity contribution in [1.29, 1.82) is 0 Å². The van der Waals surface area contributed by atoms with E-state index in [2.05, 4.69) is 15.0 Å². The first kappa shape index (κ1) is 24.3. The fourth-order valence-corrected chi connectivity index (χ4v) is 4.27. The summed E-state index contributed by atoms with van der Waals surface area (Å²) in [4.78, 5) is 37.0. The number of nitrogens with one attached hydrogen (secondary N) is 1. The summed E-state index contributed by atoms with van der Waals surface area (Å²) in [5.74, 6) is 0.266. The van der Waals surface area contributed by atoms with Crippen molar-refractivity contribution in [3.05, 3.63) is 87.4 Å².